The summed E-state index contributed by atoms with van der Waals surface area (Å²) in [5, 5.41) is 0. The molecule has 0 aliphatic carbocycles. The minimum absolute atomic E-state index is 0.361. The summed E-state index contributed by atoms with van der Waals surface area (Å²) in [6.45, 7) is 1.87. The molecule has 3 aromatic rings. The van der Waals surface area contributed by atoms with E-state index >= 15 is 0 Å². The van der Waals surface area contributed by atoms with Crippen LogP contribution in [0.4, 0.5) is 4.79 Å². The molecule has 3 rings (SSSR count). The summed E-state index contributed by atoms with van der Waals surface area (Å²) in [7, 11) is 0. The van der Waals surface area contributed by atoms with Crippen LogP contribution in [-0.2, 0) is 0 Å². The van der Waals surface area contributed by atoms with Gasteiger partial charge in [-0.1, -0.05) is 24.3 Å². The first-order valence-electron chi connectivity index (χ1n) is 6.04. The van der Waals surface area contributed by atoms with E-state index in [0.29, 0.717) is 16.8 Å². The predicted octanol–water partition coefficient (Wildman–Crippen LogP) is 2.95. The Kier molecular flexibility index (Phi) is 2.87. The fraction of sp³-hybridized carbons (Fsp3) is 0.0667. The molecule has 0 radical (unpaired) electrons. The summed E-state index contributed by atoms with van der Waals surface area (Å²) in [6, 6.07) is 13.7. The van der Waals surface area contributed by atoms with Crippen LogP contribution in [-0.4, -0.2) is 10.7 Å². The van der Waals surface area contributed by atoms with Crippen molar-refractivity contribution in [3.63, 3.8) is 0 Å². The van der Waals surface area contributed by atoms with E-state index in [0.717, 1.165) is 10.1 Å². The van der Waals surface area contributed by atoms with Gasteiger partial charge in [0.2, 0.25) is 0 Å². The number of hydrogen-bond acceptors (Lipinski definition) is 4. The van der Waals surface area contributed by atoms with Crippen molar-refractivity contribution in [3.05, 3.63) is 64.6 Å². The third-order valence-electron chi connectivity index (χ3n) is 2.87. The van der Waals surface area contributed by atoms with Gasteiger partial charge < -0.3 is 9.15 Å². The molecule has 0 atom stereocenters. The van der Waals surface area contributed by atoms with Gasteiger partial charge in [-0.25, -0.2) is 9.59 Å². The number of nitrogens with zero attached hydrogens (tertiary/aromatic N) is 1. The molecular formula is C15H11NO4. The van der Waals surface area contributed by atoms with Crippen molar-refractivity contribution in [1.82, 2.24) is 4.57 Å². The van der Waals surface area contributed by atoms with E-state index in [-0.39, 0.29) is 0 Å². The Morgan fingerprint density at radius 1 is 1.15 bits per heavy atom. The lowest BCUT2D eigenvalue weighted by Gasteiger charge is -2.03. The topological polar surface area (TPSA) is 61.4 Å². The Hall–Kier alpha value is -2.82. The summed E-state index contributed by atoms with van der Waals surface area (Å²) in [4.78, 5) is 23.9. The van der Waals surface area contributed by atoms with Crippen LogP contribution in [0.15, 0.2) is 57.7 Å². The predicted molar refractivity (Wildman–Crippen MR) is 73.1 cm³/mol. The van der Waals surface area contributed by atoms with Crippen LogP contribution < -0.4 is 10.5 Å². The van der Waals surface area contributed by atoms with Crippen molar-refractivity contribution in [1.29, 1.82) is 0 Å². The quantitative estimate of drug-likeness (QED) is 0.681. The fourth-order valence-corrected chi connectivity index (χ4v) is 1.93. The maximum atomic E-state index is 12.1. The van der Waals surface area contributed by atoms with E-state index in [4.69, 9.17) is 9.15 Å². The second kappa shape index (κ2) is 4.70. The first-order chi connectivity index (χ1) is 9.65. The summed E-state index contributed by atoms with van der Waals surface area (Å²) < 4.78 is 11.1. The van der Waals surface area contributed by atoms with Crippen molar-refractivity contribution in [2.45, 2.75) is 6.92 Å². The Labute approximate surface area is 114 Å². The highest BCUT2D eigenvalue weighted by atomic mass is 16.6. The number of oxazole rings is 1. The molecule has 0 unspecified atom stereocenters. The van der Waals surface area contributed by atoms with Crippen LogP contribution >= 0.6 is 0 Å². The van der Waals surface area contributed by atoms with Crippen LogP contribution in [0.3, 0.4) is 0 Å². The van der Waals surface area contributed by atoms with E-state index in [1.807, 2.05) is 6.92 Å². The molecular weight excluding hydrogens is 258 g/mol. The zero-order chi connectivity index (χ0) is 14.1. The number of carbonyl (C=O) groups excluding carboxylic acids is 1. The zero-order valence-electron chi connectivity index (χ0n) is 10.7. The highest BCUT2D eigenvalue weighted by molar-refractivity contribution is 5.86. The van der Waals surface area contributed by atoms with Crippen molar-refractivity contribution in [2.75, 3.05) is 0 Å². The molecule has 0 saturated carbocycles. The molecule has 1 heterocycles. The van der Waals surface area contributed by atoms with Crippen LogP contribution in [0.1, 0.15) is 5.56 Å². The summed E-state index contributed by atoms with van der Waals surface area (Å²) in [6.07, 6.45) is -0.788. The normalized spacial score (nSPS) is 10.7. The van der Waals surface area contributed by atoms with Gasteiger partial charge in [-0.05, 0) is 36.8 Å². The lowest BCUT2D eigenvalue weighted by molar-refractivity contribution is 0.201. The average Bonchev–Trinajstić information content (AvgIpc) is 2.74. The van der Waals surface area contributed by atoms with E-state index in [1.165, 1.54) is 0 Å². The maximum Gasteiger partial charge on any atom is 0.429 e. The van der Waals surface area contributed by atoms with Crippen molar-refractivity contribution in [2.24, 2.45) is 0 Å². The van der Waals surface area contributed by atoms with Gasteiger partial charge >= 0.3 is 11.8 Å². The first-order valence-corrected chi connectivity index (χ1v) is 6.04. The van der Waals surface area contributed by atoms with Gasteiger partial charge in [0.25, 0.3) is 0 Å². The largest absolute Gasteiger partial charge is 0.429 e. The second-order valence-corrected chi connectivity index (χ2v) is 4.36. The molecule has 1 aromatic heterocycles. The van der Waals surface area contributed by atoms with Gasteiger partial charge in [0.15, 0.2) is 5.58 Å². The number of benzene rings is 2. The number of hydrogen-bond donors (Lipinski definition) is 0. The van der Waals surface area contributed by atoms with Gasteiger partial charge in [-0.2, -0.15) is 4.57 Å². The second-order valence-electron chi connectivity index (χ2n) is 4.36. The minimum Gasteiger partial charge on any atom is -0.410 e. The average molecular weight is 269 g/mol. The van der Waals surface area contributed by atoms with Gasteiger partial charge in [0.1, 0.15) is 11.3 Å². The number of fused-ring (bicyclic) bond motifs is 1. The van der Waals surface area contributed by atoms with Gasteiger partial charge in [0.05, 0.1) is 0 Å². The highest BCUT2D eigenvalue weighted by Gasteiger charge is 2.17. The number of rotatable bonds is 1. The van der Waals surface area contributed by atoms with Crippen LogP contribution in [0, 0.1) is 6.92 Å². The summed E-state index contributed by atoms with van der Waals surface area (Å²) in [5.74, 6) is -0.391. The van der Waals surface area contributed by atoms with Crippen LogP contribution in [0.2, 0.25) is 0 Å². The van der Waals surface area contributed by atoms with Gasteiger partial charge in [0, 0.05) is 0 Å². The molecule has 0 aliphatic rings. The lowest BCUT2D eigenvalue weighted by atomic mass is 10.2. The highest BCUT2D eigenvalue weighted by Crippen LogP contribution is 2.16. The Bertz CT molecular complexity index is 830. The van der Waals surface area contributed by atoms with E-state index in [9.17, 15) is 9.59 Å². The van der Waals surface area contributed by atoms with Crippen molar-refractivity contribution >= 4 is 17.2 Å². The summed E-state index contributed by atoms with van der Waals surface area (Å²) >= 11 is 0. The third kappa shape index (κ3) is 2.09. The molecule has 100 valence electrons. The van der Waals surface area contributed by atoms with Gasteiger partial charge in [-0.15, -0.1) is 0 Å². The molecule has 0 bridgehead atoms. The Balaban J connectivity index is 2.04. The van der Waals surface area contributed by atoms with E-state index < -0.39 is 11.8 Å². The molecule has 5 nitrogen and oxygen atoms in total. The Morgan fingerprint density at radius 3 is 2.65 bits per heavy atom. The summed E-state index contributed by atoms with van der Waals surface area (Å²) in [5.41, 5.74) is 1.69. The first kappa shape index (κ1) is 12.2. The van der Waals surface area contributed by atoms with E-state index in [1.54, 1.807) is 48.5 Å². The standard InChI is InChI=1S/C15H11NO4/c1-10-7-8-12-13(9-10)20-15(18)16(12)14(17)19-11-5-3-2-4-6-11/h2-9H,1H3. The van der Waals surface area contributed by atoms with Crippen LogP contribution in [0.25, 0.3) is 11.1 Å². The van der Waals surface area contributed by atoms with Crippen LogP contribution in [0.5, 0.6) is 5.75 Å². The third-order valence-corrected chi connectivity index (χ3v) is 2.87. The van der Waals surface area contributed by atoms with Crippen molar-refractivity contribution in [3.8, 4) is 5.75 Å². The molecule has 0 aliphatic heterocycles. The molecule has 0 N–H and O–H groups in total. The molecule has 2 aromatic carbocycles. The van der Waals surface area contributed by atoms with E-state index in [2.05, 4.69) is 0 Å². The molecule has 5 heteroatoms. The van der Waals surface area contributed by atoms with Gasteiger partial charge in [-0.3, -0.25) is 0 Å². The van der Waals surface area contributed by atoms with Crippen molar-refractivity contribution < 1.29 is 13.9 Å². The lowest BCUT2D eigenvalue weighted by Crippen LogP contribution is -2.26. The number of aromatic nitrogens is 1. The zero-order valence-corrected chi connectivity index (χ0v) is 10.7. The Morgan fingerprint density at radius 2 is 1.90 bits per heavy atom. The molecule has 0 spiro atoms. The molecule has 0 fully saturated rings. The molecule has 0 saturated heterocycles. The smallest absolute Gasteiger partial charge is 0.410 e. The molecule has 20 heavy (non-hydrogen) atoms. The number of ether oxygens (including phenoxy) is 1. The SMILES string of the molecule is Cc1ccc2c(c1)oc(=O)n2C(=O)Oc1ccccc1. The molecule has 0 amide bonds. The maximum absolute atomic E-state index is 12.1. The number of aryl methyl sites for hydroxylation is 1. The number of para-hydroxylation sites is 1. The minimum atomic E-state index is -0.788. The fourth-order valence-electron chi connectivity index (χ4n) is 1.93. The monoisotopic (exact) mass is 269 g/mol. The number of carbonyl (C=O) groups is 1.